The summed E-state index contributed by atoms with van der Waals surface area (Å²) in [6.45, 7) is 6.66. The zero-order chi connectivity index (χ0) is 16.2. The molecule has 0 aliphatic heterocycles. The first kappa shape index (κ1) is 15.8. The van der Waals surface area contributed by atoms with E-state index in [0.29, 0.717) is 6.54 Å². The van der Waals surface area contributed by atoms with Crippen LogP contribution in [0.4, 0.5) is 4.39 Å². The Balaban J connectivity index is 1.91. The van der Waals surface area contributed by atoms with Gasteiger partial charge in [-0.3, -0.25) is 0 Å². The number of allylic oxidation sites excluding steroid dienone is 1. The zero-order valence-electron chi connectivity index (χ0n) is 13.8. The van der Waals surface area contributed by atoms with Crippen molar-refractivity contribution in [2.45, 2.75) is 45.6 Å². The molecule has 3 rings (SSSR count). The fourth-order valence-electron chi connectivity index (χ4n) is 3.28. The standard InChI is InChI=1S/C21H24FN/c1-16(2)8-7-10-17-14-23(21-13-6-4-11-19(17)21)15-18-9-3-5-12-20(18)22/h3,5,9,11-14H,1,4,6-8,10,15H2,2H3. The summed E-state index contributed by atoms with van der Waals surface area (Å²) in [6.07, 6.45) is 12.3. The van der Waals surface area contributed by atoms with Gasteiger partial charge in [0, 0.05) is 17.1 Å². The second-order valence-electron chi connectivity index (χ2n) is 6.47. The number of halogens is 1. The molecule has 0 amide bonds. The van der Waals surface area contributed by atoms with Crippen LogP contribution in [0.25, 0.3) is 12.2 Å². The van der Waals surface area contributed by atoms with E-state index in [1.54, 1.807) is 6.07 Å². The van der Waals surface area contributed by atoms with Crippen molar-refractivity contribution >= 4 is 12.2 Å². The maximum Gasteiger partial charge on any atom is 0.128 e. The predicted octanol–water partition coefficient (Wildman–Crippen LogP) is 3.93. The molecule has 0 unspecified atom stereocenters. The van der Waals surface area contributed by atoms with E-state index in [1.165, 1.54) is 27.8 Å². The van der Waals surface area contributed by atoms with Crippen LogP contribution in [0.5, 0.6) is 0 Å². The molecule has 120 valence electrons. The number of hydrogen-bond acceptors (Lipinski definition) is 0. The second kappa shape index (κ2) is 6.99. The highest BCUT2D eigenvalue weighted by atomic mass is 19.1. The summed E-state index contributed by atoms with van der Waals surface area (Å²) in [5.74, 6) is -0.126. The molecule has 0 saturated carbocycles. The third-order valence-electron chi connectivity index (χ3n) is 4.44. The lowest BCUT2D eigenvalue weighted by atomic mass is 10.0. The fraction of sp³-hybridized carbons (Fsp3) is 0.333. The number of aryl methyl sites for hydroxylation is 1. The van der Waals surface area contributed by atoms with Gasteiger partial charge in [-0.05, 0) is 55.9 Å². The first-order valence-electron chi connectivity index (χ1n) is 8.41. The van der Waals surface area contributed by atoms with E-state index in [2.05, 4.69) is 36.4 Å². The summed E-state index contributed by atoms with van der Waals surface area (Å²) in [7, 11) is 0. The maximum absolute atomic E-state index is 14.0. The third kappa shape index (κ3) is 3.64. The van der Waals surface area contributed by atoms with Crippen LogP contribution < -0.4 is 10.6 Å². The van der Waals surface area contributed by atoms with Gasteiger partial charge in [0.25, 0.3) is 0 Å². The molecule has 23 heavy (non-hydrogen) atoms. The molecule has 1 heterocycles. The van der Waals surface area contributed by atoms with Crippen LogP contribution in [0.15, 0.2) is 42.6 Å². The van der Waals surface area contributed by atoms with E-state index >= 15 is 0 Å². The van der Waals surface area contributed by atoms with Crippen LogP contribution in [0.1, 0.15) is 43.7 Å². The molecule has 1 nitrogen and oxygen atoms in total. The van der Waals surface area contributed by atoms with Gasteiger partial charge in [0.1, 0.15) is 5.82 Å². The van der Waals surface area contributed by atoms with Crippen LogP contribution in [0, 0.1) is 5.82 Å². The van der Waals surface area contributed by atoms with Crippen molar-refractivity contribution in [2.24, 2.45) is 0 Å². The summed E-state index contributed by atoms with van der Waals surface area (Å²) in [4.78, 5) is 0. The van der Waals surface area contributed by atoms with Crippen LogP contribution >= 0.6 is 0 Å². The molecule has 0 N–H and O–H groups in total. The molecule has 0 spiro atoms. The number of fused-ring (bicyclic) bond motifs is 1. The van der Waals surface area contributed by atoms with Crippen molar-refractivity contribution in [2.75, 3.05) is 0 Å². The molecule has 1 aliphatic carbocycles. The van der Waals surface area contributed by atoms with Crippen molar-refractivity contribution in [3.63, 3.8) is 0 Å². The Morgan fingerprint density at radius 1 is 1.17 bits per heavy atom. The lowest BCUT2D eigenvalue weighted by Crippen LogP contribution is -2.32. The molecule has 0 radical (unpaired) electrons. The number of rotatable bonds is 6. The lowest BCUT2D eigenvalue weighted by Gasteiger charge is -2.06. The topological polar surface area (TPSA) is 4.93 Å². The molecule has 0 saturated heterocycles. The summed E-state index contributed by atoms with van der Waals surface area (Å²) in [5.41, 5.74) is 3.37. The van der Waals surface area contributed by atoms with Crippen molar-refractivity contribution in [3.05, 3.63) is 70.1 Å². The molecule has 2 aromatic rings. The first-order valence-corrected chi connectivity index (χ1v) is 8.41. The van der Waals surface area contributed by atoms with Crippen LogP contribution in [0.3, 0.4) is 0 Å². The van der Waals surface area contributed by atoms with Gasteiger partial charge in [-0.2, -0.15) is 0 Å². The molecular weight excluding hydrogens is 285 g/mol. The van der Waals surface area contributed by atoms with Gasteiger partial charge in [-0.1, -0.05) is 35.9 Å². The van der Waals surface area contributed by atoms with E-state index in [1.807, 2.05) is 12.1 Å². The number of hydrogen-bond donors (Lipinski definition) is 0. The third-order valence-corrected chi connectivity index (χ3v) is 4.44. The van der Waals surface area contributed by atoms with Gasteiger partial charge in [0.15, 0.2) is 0 Å². The summed E-state index contributed by atoms with van der Waals surface area (Å²) < 4.78 is 16.2. The Hall–Kier alpha value is -2.09. The molecule has 2 heteroatoms. The van der Waals surface area contributed by atoms with Gasteiger partial charge in [0.05, 0.1) is 6.54 Å². The van der Waals surface area contributed by atoms with Crippen LogP contribution in [-0.2, 0) is 13.0 Å². The summed E-state index contributed by atoms with van der Waals surface area (Å²) >= 11 is 0. The quantitative estimate of drug-likeness (QED) is 0.713. The van der Waals surface area contributed by atoms with Crippen LogP contribution in [0.2, 0.25) is 0 Å². The molecule has 1 aliphatic rings. The Morgan fingerprint density at radius 2 is 1.96 bits per heavy atom. The van der Waals surface area contributed by atoms with E-state index < -0.39 is 0 Å². The van der Waals surface area contributed by atoms with E-state index in [-0.39, 0.29) is 5.82 Å². The Morgan fingerprint density at radius 3 is 2.74 bits per heavy atom. The van der Waals surface area contributed by atoms with E-state index in [0.717, 1.165) is 37.7 Å². The monoisotopic (exact) mass is 309 g/mol. The van der Waals surface area contributed by atoms with Crippen molar-refractivity contribution in [1.29, 1.82) is 0 Å². The minimum atomic E-state index is -0.126. The molecular formula is C21H24FN. The number of benzene rings is 1. The van der Waals surface area contributed by atoms with Crippen LogP contribution in [-0.4, -0.2) is 4.57 Å². The fourth-order valence-corrected chi connectivity index (χ4v) is 3.28. The smallest absolute Gasteiger partial charge is 0.128 e. The van der Waals surface area contributed by atoms with Crippen molar-refractivity contribution in [3.8, 4) is 0 Å². The molecule has 0 fully saturated rings. The summed E-state index contributed by atoms with van der Waals surface area (Å²) in [5, 5.41) is 2.61. The highest BCUT2D eigenvalue weighted by Crippen LogP contribution is 2.10. The minimum absolute atomic E-state index is 0.126. The minimum Gasteiger partial charge on any atom is -0.343 e. The van der Waals surface area contributed by atoms with Gasteiger partial charge in [-0.25, -0.2) is 4.39 Å². The van der Waals surface area contributed by atoms with Gasteiger partial charge < -0.3 is 4.57 Å². The second-order valence-corrected chi connectivity index (χ2v) is 6.47. The molecule has 0 bridgehead atoms. The number of nitrogens with zero attached hydrogens (tertiary/aromatic N) is 1. The van der Waals surface area contributed by atoms with E-state index in [9.17, 15) is 4.39 Å². The molecule has 0 atom stereocenters. The average molecular weight is 309 g/mol. The number of aromatic nitrogens is 1. The maximum atomic E-state index is 14.0. The molecule has 1 aromatic carbocycles. The Bertz CT molecular complexity index is 826. The normalized spacial score (nSPS) is 13.1. The Kier molecular flexibility index (Phi) is 4.80. The van der Waals surface area contributed by atoms with Gasteiger partial charge in [0.2, 0.25) is 0 Å². The first-order chi connectivity index (χ1) is 11.1. The highest BCUT2D eigenvalue weighted by Gasteiger charge is 2.09. The zero-order valence-corrected chi connectivity index (χ0v) is 13.8. The van der Waals surface area contributed by atoms with Gasteiger partial charge >= 0.3 is 0 Å². The lowest BCUT2D eigenvalue weighted by molar-refractivity contribution is 0.597. The van der Waals surface area contributed by atoms with Gasteiger partial charge in [-0.15, -0.1) is 6.58 Å². The summed E-state index contributed by atoms with van der Waals surface area (Å²) in [6, 6.07) is 7.05. The molecule has 1 aromatic heterocycles. The van der Waals surface area contributed by atoms with E-state index in [4.69, 9.17) is 0 Å². The SMILES string of the molecule is C=C(C)CCCc1cn(Cc2ccccc2F)c2c1=CCCC=2. The van der Waals surface area contributed by atoms with Crippen molar-refractivity contribution in [1.82, 2.24) is 4.57 Å². The van der Waals surface area contributed by atoms with Crippen molar-refractivity contribution < 1.29 is 4.39 Å². The largest absolute Gasteiger partial charge is 0.343 e. The Labute approximate surface area is 137 Å². The highest BCUT2D eigenvalue weighted by molar-refractivity contribution is 5.40. The predicted molar refractivity (Wildman–Crippen MR) is 95.1 cm³/mol. The average Bonchev–Trinajstić information content (AvgIpc) is 2.88.